The second-order valence-electron chi connectivity index (χ2n) is 6.70. The van der Waals surface area contributed by atoms with Crippen LogP contribution in [0.2, 0.25) is 10.0 Å². The van der Waals surface area contributed by atoms with E-state index < -0.39 is 0 Å². The normalized spacial score (nSPS) is 18.5. The van der Waals surface area contributed by atoms with Crippen molar-refractivity contribution in [1.29, 1.82) is 0 Å². The van der Waals surface area contributed by atoms with Crippen LogP contribution >= 0.6 is 23.2 Å². The molecule has 1 saturated heterocycles. The van der Waals surface area contributed by atoms with Crippen molar-refractivity contribution in [1.82, 2.24) is 10.2 Å². The van der Waals surface area contributed by atoms with Crippen LogP contribution in [0.1, 0.15) is 24.9 Å². The lowest BCUT2D eigenvalue weighted by Crippen LogP contribution is -2.34. The topological polar surface area (TPSA) is 44.4 Å². The molecule has 0 aliphatic carbocycles. The average molecular weight is 392 g/mol. The summed E-state index contributed by atoms with van der Waals surface area (Å²) in [5, 5.41) is 6.63. The Bertz CT molecular complexity index is 754. The molecule has 138 valence electrons. The molecule has 2 N–H and O–H groups in total. The van der Waals surface area contributed by atoms with Crippen molar-refractivity contribution in [2.45, 2.75) is 19.4 Å². The number of amides is 2. The summed E-state index contributed by atoms with van der Waals surface area (Å²) in [6, 6.07) is 15.7. The number of urea groups is 1. The van der Waals surface area contributed by atoms with Gasteiger partial charge in [-0.1, -0.05) is 53.5 Å². The maximum absolute atomic E-state index is 12.1. The van der Waals surface area contributed by atoms with Gasteiger partial charge in [-0.2, -0.15) is 0 Å². The van der Waals surface area contributed by atoms with Crippen molar-refractivity contribution in [3.8, 4) is 0 Å². The SMILES string of the molecule is C[C@H](c1ccccc1)N1CC[C@@H](CNC(=O)Nc2ccc(Cl)c(Cl)c2)C1. The van der Waals surface area contributed by atoms with Gasteiger partial charge in [0.15, 0.2) is 0 Å². The number of carbonyl (C=O) groups is 1. The molecule has 0 saturated carbocycles. The van der Waals surface area contributed by atoms with Crippen molar-refractivity contribution in [2.24, 2.45) is 5.92 Å². The van der Waals surface area contributed by atoms with Gasteiger partial charge < -0.3 is 10.6 Å². The molecule has 2 amide bonds. The third kappa shape index (κ3) is 4.91. The Balaban J connectivity index is 1.45. The summed E-state index contributed by atoms with van der Waals surface area (Å²) in [5.41, 5.74) is 1.96. The van der Waals surface area contributed by atoms with Gasteiger partial charge in [0, 0.05) is 24.8 Å². The predicted molar refractivity (Wildman–Crippen MR) is 108 cm³/mol. The Morgan fingerprint density at radius 1 is 1.19 bits per heavy atom. The monoisotopic (exact) mass is 391 g/mol. The highest BCUT2D eigenvalue weighted by Gasteiger charge is 2.26. The Hall–Kier alpha value is -1.75. The molecule has 0 aromatic heterocycles. The number of anilines is 1. The van der Waals surface area contributed by atoms with Crippen LogP contribution in [0.15, 0.2) is 48.5 Å². The summed E-state index contributed by atoms with van der Waals surface area (Å²) in [5.74, 6) is 0.459. The molecule has 1 aliphatic heterocycles. The minimum Gasteiger partial charge on any atom is -0.338 e. The van der Waals surface area contributed by atoms with Crippen LogP contribution in [-0.2, 0) is 0 Å². The van der Waals surface area contributed by atoms with Gasteiger partial charge in [-0.05, 0) is 49.6 Å². The van der Waals surface area contributed by atoms with E-state index in [4.69, 9.17) is 23.2 Å². The molecule has 0 unspecified atom stereocenters. The first-order chi connectivity index (χ1) is 12.5. The fourth-order valence-electron chi connectivity index (χ4n) is 3.31. The van der Waals surface area contributed by atoms with Gasteiger partial charge >= 0.3 is 6.03 Å². The smallest absolute Gasteiger partial charge is 0.319 e. The first-order valence-corrected chi connectivity index (χ1v) is 9.57. The zero-order chi connectivity index (χ0) is 18.5. The Morgan fingerprint density at radius 3 is 2.69 bits per heavy atom. The van der Waals surface area contributed by atoms with E-state index in [0.29, 0.717) is 34.2 Å². The van der Waals surface area contributed by atoms with E-state index in [9.17, 15) is 4.79 Å². The first kappa shape index (κ1) is 19.0. The van der Waals surface area contributed by atoms with Gasteiger partial charge in [-0.15, -0.1) is 0 Å². The Kier molecular flexibility index (Phi) is 6.41. The molecule has 2 aromatic carbocycles. The van der Waals surface area contributed by atoms with Crippen molar-refractivity contribution < 1.29 is 4.79 Å². The lowest BCUT2D eigenvalue weighted by molar-refractivity contribution is 0.243. The number of halogens is 2. The van der Waals surface area contributed by atoms with E-state index >= 15 is 0 Å². The van der Waals surface area contributed by atoms with Crippen LogP contribution in [0.5, 0.6) is 0 Å². The number of hydrogen-bond donors (Lipinski definition) is 2. The summed E-state index contributed by atoms with van der Waals surface area (Å²) in [4.78, 5) is 14.6. The summed E-state index contributed by atoms with van der Waals surface area (Å²) in [7, 11) is 0. The minimum atomic E-state index is -0.224. The maximum Gasteiger partial charge on any atom is 0.319 e. The van der Waals surface area contributed by atoms with Crippen molar-refractivity contribution in [3.63, 3.8) is 0 Å². The largest absolute Gasteiger partial charge is 0.338 e. The lowest BCUT2D eigenvalue weighted by atomic mass is 10.1. The van der Waals surface area contributed by atoms with E-state index in [-0.39, 0.29) is 6.03 Å². The van der Waals surface area contributed by atoms with Gasteiger partial charge in [0.25, 0.3) is 0 Å². The quantitative estimate of drug-likeness (QED) is 0.735. The molecular formula is C20H23Cl2N3O. The maximum atomic E-state index is 12.1. The van der Waals surface area contributed by atoms with Gasteiger partial charge in [0.05, 0.1) is 10.0 Å². The molecule has 2 atom stereocenters. The van der Waals surface area contributed by atoms with Crippen LogP contribution in [0.4, 0.5) is 10.5 Å². The molecule has 1 aliphatic rings. The number of likely N-dealkylation sites (tertiary alicyclic amines) is 1. The molecule has 0 radical (unpaired) electrons. The van der Waals surface area contributed by atoms with Crippen molar-refractivity contribution >= 4 is 34.9 Å². The van der Waals surface area contributed by atoms with Crippen LogP contribution in [0.3, 0.4) is 0 Å². The summed E-state index contributed by atoms with van der Waals surface area (Å²) < 4.78 is 0. The first-order valence-electron chi connectivity index (χ1n) is 8.82. The van der Waals surface area contributed by atoms with E-state index in [1.165, 1.54) is 5.56 Å². The number of nitrogens with one attached hydrogen (secondary N) is 2. The number of nitrogens with zero attached hydrogens (tertiary/aromatic N) is 1. The zero-order valence-electron chi connectivity index (χ0n) is 14.7. The highest BCUT2D eigenvalue weighted by atomic mass is 35.5. The summed E-state index contributed by atoms with van der Waals surface area (Å²) in [6.07, 6.45) is 1.09. The van der Waals surface area contributed by atoms with Gasteiger partial charge in [0.2, 0.25) is 0 Å². The third-order valence-corrected chi connectivity index (χ3v) is 5.61. The van der Waals surface area contributed by atoms with E-state index in [2.05, 4.69) is 46.7 Å². The van der Waals surface area contributed by atoms with E-state index in [0.717, 1.165) is 19.5 Å². The van der Waals surface area contributed by atoms with Crippen LogP contribution in [0, 0.1) is 5.92 Å². The molecule has 1 heterocycles. The minimum absolute atomic E-state index is 0.224. The van der Waals surface area contributed by atoms with Crippen molar-refractivity contribution in [2.75, 3.05) is 25.0 Å². The lowest BCUT2D eigenvalue weighted by Gasteiger charge is -2.24. The van der Waals surface area contributed by atoms with E-state index in [1.54, 1.807) is 18.2 Å². The van der Waals surface area contributed by atoms with E-state index in [1.807, 2.05) is 6.07 Å². The number of carbonyl (C=O) groups excluding carboxylic acids is 1. The molecule has 6 heteroatoms. The Morgan fingerprint density at radius 2 is 1.96 bits per heavy atom. The molecule has 3 rings (SSSR count). The standard InChI is InChI=1S/C20H23Cl2N3O/c1-14(16-5-3-2-4-6-16)25-10-9-15(13-25)12-23-20(26)24-17-7-8-18(21)19(22)11-17/h2-8,11,14-15H,9-10,12-13H2,1H3,(H2,23,24,26)/t14-,15+/m1/s1. The van der Waals surface area contributed by atoms with Crippen LogP contribution in [-0.4, -0.2) is 30.6 Å². The number of benzene rings is 2. The molecule has 0 bridgehead atoms. The highest BCUT2D eigenvalue weighted by molar-refractivity contribution is 6.42. The summed E-state index contributed by atoms with van der Waals surface area (Å²) in [6.45, 7) is 4.94. The Labute approximate surface area is 164 Å². The predicted octanol–water partition coefficient (Wildman–Crippen LogP) is 5.20. The molecule has 0 spiro atoms. The fourth-order valence-corrected chi connectivity index (χ4v) is 3.61. The van der Waals surface area contributed by atoms with Crippen molar-refractivity contribution in [3.05, 3.63) is 64.1 Å². The van der Waals surface area contributed by atoms with Crippen LogP contribution < -0.4 is 10.6 Å². The van der Waals surface area contributed by atoms with Crippen LogP contribution in [0.25, 0.3) is 0 Å². The number of rotatable bonds is 5. The zero-order valence-corrected chi connectivity index (χ0v) is 16.2. The average Bonchev–Trinajstić information content (AvgIpc) is 3.12. The number of hydrogen-bond acceptors (Lipinski definition) is 2. The second-order valence-corrected chi connectivity index (χ2v) is 7.51. The van der Waals surface area contributed by atoms with Gasteiger partial charge in [0.1, 0.15) is 0 Å². The highest BCUT2D eigenvalue weighted by Crippen LogP contribution is 2.27. The third-order valence-electron chi connectivity index (χ3n) is 4.88. The van der Waals surface area contributed by atoms with Gasteiger partial charge in [-0.3, -0.25) is 4.90 Å². The summed E-state index contributed by atoms with van der Waals surface area (Å²) >= 11 is 11.8. The molecule has 2 aromatic rings. The molecule has 26 heavy (non-hydrogen) atoms. The fraction of sp³-hybridized carbons (Fsp3) is 0.350. The van der Waals surface area contributed by atoms with Gasteiger partial charge in [-0.25, -0.2) is 4.79 Å². The second kappa shape index (κ2) is 8.76. The molecule has 4 nitrogen and oxygen atoms in total. The molecular weight excluding hydrogens is 369 g/mol. The molecule has 1 fully saturated rings.